The number of hydrogen-bond acceptors (Lipinski definition) is 4. The number of benzene rings is 1. The van der Waals surface area contributed by atoms with Gasteiger partial charge >= 0.3 is 6.09 Å². The van der Waals surface area contributed by atoms with Gasteiger partial charge in [-0.15, -0.1) is 0 Å². The number of likely N-dealkylation sites (tertiary alicyclic amines) is 1. The molecule has 2 unspecified atom stereocenters. The molecule has 0 bridgehead atoms. The highest BCUT2D eigenvalue weighted by atomic mass is 16.6. The molecule has 1 amide bonds. The van der Waals surface area contributed by atoms with E-state index in [-0.39, 0.29) is 6.09 Å². The van der Waals surface area contributed by atoms with E-state index in [0.717, 1.165) is 31.7 Å². The largest absolute Gasteiger partial charge is 0.444 e. The fraction of sp³-hybridized carbons (Fsp3) is 0.632. The van der Waals surface area contributed by atoms with Crippen molar-refractivity contribution in [2.45, 2.75) is 45.4 Å². The highest BCUT2D eigenvalue weighted by molar-refractivity contribution is 5.68. The zero-order valence-corrected chi connectivity index (χ0v) is 14.9. The molecular weight excluding hydrogens is 304 g/mol. The van der Waals surface area contributed by atoms with Gasteiger partial charge in [0.25, 0.3) is 0 Å². The van der Waals surface area contributed by atoms with E-state index in [4.69, 9.17) is 9.47 Å². The van der Waals surface area contributed by atoms with Crippen LogP contribution in [0, 0.1) is 5.92 Å². The van der Waals surface area contributed by atoms with Crippen molar-refractivity contribution in [3.8, 4) is 0 Å². The number of hydrogen-bond donors (Lipinski definition) is 0. The highest BCUT2D eigenvalue weighted by Gasteiger charge is 2.38. The second-order valence-corrected chi connectivity index (χ2v) is 7.80. The zero-order valence-electron chi connectivity index (χ0n) is 14.9. The number of ether oxygens (including phenoxy) is 2. The van der Waals surface area contributed by atoms with Crippen molar-refractivity contribution in [1.29, 1.82) is 0 Å². The van der Waals surface area contributed by atoms with Gasteiger partial charge in [0, 0.05) is 25.6 Å². The van der Waals surface area contributed by atoms with E-state index in [1.807, 2.05) is 51.1 Å². The molecule has 0 radical (unpaired) electrons. The van der Waals surface area contributed by atoms with E-state index in [0.29, 0.717) is 25.2 Å². The standard InChI is InChI=1S/C19H28N2O3/c1-19(2,3)24-18(22)21(11-15-7-5-4-6-8-15)14-20-12-16-9-10-23-17(16)13-20/h4-8,16-17H,9-14H2,1-3H3. The Bertz CT molecular complexity index is 543. The second kappa shape index (κ2) is 7.11. The van der Waals surface area contributed by atoms with Gasteiger partial charge in [0.05, 0.1) is 19.3 Å². The summed E-state index contributed by atoms with van der Waals surface area (Å²) in [6.07, 6.45) is 1.21. The summed E-state index contributed by atoms with van der Waals surface area (Å²) >= 11 is 0. The van der Waals surface area contributed by atoms with Crippen LogP contribution in [0.1, 0.15) is 32.8 Å². The molecule has 132 valence electrons. The summed E-state index contributed by atoms with van der Waals surface area (Å²) in [6.45, 7) is 9.63. The molecule has 0 N–H and O–H groups in total. The molecule has 1 aromatic rings. The van der Waals surface area contributed by atoms with E-state index in [2.05, 4.69) is 4.90 Å². The first-order valence-corrected chi connectivity index (χ1v) is 8.76. The molecule has 24 heavy (non-hydrogen) atoms. The molecule has 2 saturated heterocycles. The van der Waals surface area contributed by atoms with Crippen LogP contribution in [0.2, 0.25) is 0 Å². The lowest BCUT2D eigenvalue weighted by atomic mass is 10.1. The quantitative estimate of drug-likeness (QED) is 0.850. The summed E-state index contributed by atoms with van der Waals surface area (Å²) in [7, 11) is 0. The Kier molecular flexibility index (Phi) is 5.11. The van der Waals surface area contributed by atoms with Crippen LogP contribution in [0.25, 0.3) is 0 Å². The Morgan fingerprint density at radius 3 is 2.71 bits per heavy atom. The summed E-state index contributed by atoms with van der Waals surface area (Å²) in [4.78, 5) is 16.7. The van der Waals surface area contributed by atoms with Crippen LogP contribution in [-0.4, -0.2) is 54.0 Å². The molecule has 2 aliphatic rings. The predicted molar refractivity (Wildman–Crippen MR) is 92.5 cm³/mol. The van der Waals surface area contributed by atoms with Crippen molar-refractivity contribution in [1.82, 2.24) is 9.80 Å². The fourth-order valence-corrected chi connectivity index (χ4v) is 3.42. The van der Waals surface area contributed by atoms with Gasteiger partial charge < -0.3 is 9.47 Å². The van der Waals surface area contributed by atoms with Crippen molar-refractivity contribution >= 4 is 6.09 Å². The Morgan fingerprint density at radius 2 is 2.04 bits per heavy atom. The molecule has 0 aromatic heterocycles. The number of amides is 1. The third-order valence-electron chi connectivity index (χ3n) is 4.52. The third-order valence-corrected chi connectivity index (χ3v) is 4.52. The van der Waals surface area contributed by atoms with Crippen LogP contribution in [0.3, 0.4) is 0 Å². The van der Waals surface area contributed by atoms with E-state index in [1.54, 1.807) is 4.90 Å². The first-order valence-electron chi connectivity index (χ1n) is 8.76. The maximum atomic E-state index is 12.6. The first kappa shape index (κ1) is 17.2. The van der Waals surface area contributed by atoms with E-state index in [9.17, 15) is 4.79 Å². The van der Waals surface area contributed by atoms with Crippen molar-refractivity contribution in [3.05, 3.63) is 35.9 Å². The monoisotopic (exact) mass is 332 g/mol. The van der Waals surface area contributed by atoms with Crippen LogP contribution >= 0.6 is 0 Å². The lowest BCUT2D eigenvalue weighted by molar-refractivity contribution is 0.00987. The van der Waals surface area contributed by atoms with Crippen LogP contribution in [0.4, 0.5) is 4.79 Å². The van der Waals surface area contributed by atoms with E-state index >= 15 is 0 Å². The molecule has 2 atom stereocenters. The number of rotatable bonds is 4. The maximum absolute atomic E-state index is 12.6. The topological polar surface area (TPSA) is 42.0 Å². The Hall–Kier alpha value is -1.59. The van der Waals surface area contributed by atoms with E-state index < -0.39 is 5.60 Å². The van der Waals surface area contributed by atoms with Gasteiger partial charge in [0.1, 0.15) is 5.60 Å². The van der Waals surface area contributed by atoms with Crippen LogP contribution in [0.15, 0.2) is 30.3 Å². The molecule has 0 saturated carbocycles. The average Bonchev–Trinajstić information content (AvgIpc) is 3.07. The molecule has 1 aromatic carbocycles. The minimum Gasteiger partial charge on any atom is -0.444 e. The number of carbonyl (C=O) groups excluding carboxylic acids is 1. The van der Waals surface area contributed by atoms with Gasteiger partial charge in [0.2, 0.25) is 0 Å². The minimum absolute atomic E-state index is 0.260. The Labute approximate surface area is 144 Å². The summed E-state index contributed by atoms with van der Waals surface area (Å²) in [5.41, 5.74) is 0.621. The SMILES string of the molecule is CC(C)(C)OC(=O)N(Cc1ccccc1)CN1CC2CCOC2C1. The van der Waals surface area contributed by atoms with Crippen molar-refractivity contribution in [3.63, 3.8) is 0 Å². The molecule has 0 spiro atoms. The van der Waals surface area contributed by atoms with Crippen LogP contribution in [-0.2, 0) is 16.0 Å². The number of fused-ring (bicyclic) bond motifs is 1. The van der Waals surface area contributed by atoms with Crippen molar-refractivity contribution in [2.24, 2.45) is 5.92 Å². The molecule has 0 aliphatic carbocycles. The minimum atomic E-state index is -0.489. The van der Waals surface area contributed by atoms with Gasteiger partial charge in [-0.1, -0.05) is 30.3 Å². The van der Waals surface area contributed by atoms with Crippen LogP contribution in [0.5, 0.6) is 0 Å². The summed E-state index contributed by atoms with van der Waals surface area (Å²) in [5.74, 6) is 0.613. The fourth-order valence-electron chi connectivity index (χ4n) is 3.42. The molecular formula is C19H28N2O3. The lowest BCUT2D eigenvalue weighted by Crippen LogP contribution is -2.43. The van der Waals surface area contributed by atoms with Crippen LogP contribution < -0.4 is 0 Å². The summed E-state index contributed by atoms with van der Waals surface area (Å²) < 4.78 is 11.4. The summed E-state index contributed by atoms with van der Waals surface area (Å²) in [6, 6.07) is 10.1. The Morgan fingerprint density at radius 1 is 1.29 bits per heavy atom. The Balaban J connectivity index is 1.66. The molecule has 3 rings (SSSR count). The molecule has 5 heteroatoms. The van der Waals surface area contributed by atoms with Gasteiger partial charge in [-0.25, -0.2) is 4.79 Å². The molecule has 2 aliphatic heterocycles. The predicted octanol–water partition coefficient (Wildman–Crippen LogP) is 3.10. The second-order valence-electron chi connectivity index (χ2n) is 7.80. The van der Waals surface area contributed by atoms with Gasteiger partial charge in [-0.3, -0.25) is 9.80 Å². The average molecular weight is 332 g/mol. The number of nitrogens with zero attached hydrogens (tertiary/aromatic N) is 2. The van der Waals surface area contributed by atoms with Gasteiger partial charge in [-0.2, -0.15) is 0 Å². The highest BCUT2D eigenvalue weighted by Crippen LogP contribution is 2.29. The molecule has 5 nitrogen and oxygen atoms in total. The van der Waals surface area contributed by atoms with Crippen molar-refractivity contribution in [2.75, 3.05) is 26.4 Å². The van der Waals surface area contributed by atoms with Gasteiger partial charge in [-0.05, 0) is 32.8 Å². The van der Waals surface area contributed by atoms with Crippen molar-refractivity contribution < 1.29 is 14.3 Å². The zero-order chi connectivity index (χ0) is 17.2. The maximum Gasteiger partial charge on any atom is 0.411 e. The third kappa shape index (κ3) is 4.48. The summed E-state index contributed by atoms with van der Waals surface area (Å²) in [5, 5.41) is 0. The number of carbonyl (C=O) groups is 1. The molecule has 2 fully saturated rings. The smallest absolute Gasteiger partial charge is 0.411 e. The first-order chi connectivity index (χ1) is 11.4. The normalized spacial score (nSPS) is 24.0. The van der Waals surface area contributed by atoms with E-state index in [1.165, 1.54) is 0 Å². The lowest BCUT2D eigenvalue weighted by Gasteiger charge is -2.30. The van der Waals surface area contributed by atoms with Gasteiger partial charge in [0.15, 0.2) is 0 Å². The molecule has 2 heterocycles.